The van der Waals surface area contributed by atoms with Crippen molar-refractivity contribution in [2.75, 3.05) is 0 Å². The maximum atomic E-state index is 4.20. The van der Waals surface area contributed by atoms with E-state index in [0.717, 1.165) is 13.0 Å². The van der Waals surface area contributed by atoms with Crippen molar-refractivity contribution in [1.82, 2.24) is 14.3 Å². The molecule has 0 aliphatic rings. The summed E-state index contributed by atoms with van der Waals surface area (Å²) < 4.78 is 4.17. The van der Waals surface area contributed by atoms with Crippen molar-refractivity contribution in [2.24, 2.45) is 7.05 Å². The molecule has 3 rings (SSSR count). The normalized spacial score (nSPS) is 11.2. The summed E-state index contributed by atoms with van der Waals surface area (Å²) in [6.45, 7) is 3.16. The van der Waals surface area contributed by atoms with Crippen LogP contribution in [0.4, 0.5) is 0 Å². The largest absolute Gasteiger partial charge is 0.347 e. The van der Waals surface area contributed by atoms with E-state index in [1.807, 2.05) is 17.9 Å². The van der Waals surface area contributed by atoms with Crippen LogP contribution in [-0.4, -0.2) is 14.3 Å². The maximum absolute atomic E-state index is 4.20. The van der Waals surface area contributed by atoms with Crippen LogP contribution in [-0.2, 0) is 20.0 Å². The number of hydrogen-bond donors (Lipinski definition) is 0. The van der Waals surface area contributed by atoms with Gasteiger partial charge in [-0.15, -0.1) is 0 Å². The number of nitrogens with zero attached hydrogens (tertiary/aromatic N) is 3. The molecule has 0 N–H and O–H groups in total. The lowest BCUT2D eigenvalue weighted by Gasteiger charge is -2.04. The van der Waals surface area contributed by atoms with E-state index in [2.05, 4.69) is 53.2 Å². The molecule has 2 heterocycles. The number of aryl methyl sites for hydroxylation is 4. The van der Waals surface area contributed by atoms with Crippen molar-refractivity contribution >= 4 is 10.9 Å². The minimum Gasteiger partial charge on any atom is -0.347 e. The molecule has 3 heteroatoms. The van der Waals surface area contributed by atoms with Crippen molar-refractivity contribution in [3.05, 3.63) is 54.0 Å². The Kier molecular flexibility index (Phi) is 2.67. The first-order valence-electron chi connectivity index (χ1n) is 6.26. The van der Waals surface area contributed by atoms with Crippen LogP contribution < -0.4 is 0 Å². The van der Waals surface area contributed by atoms with Crippen LogP contribution in [0.2, 0.25) is 0 Å². The summed E-state index contributed by atoms with van der Waals surface area (Å²) in [6.07, 6.45) is 7.22. The third-order valence-corrected chi connectivity index (χ3v) is 3.43. The monoisotopic (exact) mass is 239 g/mol. The first-order chi connectivity index (χ1) is 8.74. The van der Waals surface area contributed by atoms with Crippen LogP contribution in [0, 0.1) is 6.92 Å². The van der Waals surface area contributed by atoms with Gasteiger partial charge in [0.15, 0.2) is 0 Å². The second-order valence-electron chi connectivity index (χ2n) is 4.79. The molecule has 1 aromatic carbocycles. The second kappa shape index (κ2) is 4.33. The fourth-order valence-electron chi connectivity index (χ4n) is 2.42. The Hall–Kier alpha value is -2.03. The molecule has 2 aromatic heterocycles. The van der Waals surface area contributed by atoms with Crippen LogP contribution >= 0.6 is 0 Å². The zero-order chi connectivity index (χ0) is 12.5. The first-order valence-corrected chi connectivity index (χ1v) is 6.26. The number of aromatic nitrogens is 3. The van der Waals surface area contributed by atoms with Crippen LogP contribution in [0.1, 0.15) is 11.1 Å². The predicted octanol–water partition coefficient (Wildman–Crippen LogP) is 2.93. The number of hydrogen-bond acceptors (Lipinski definition) is 1. The zero-order valence-electron chi connectivity index (χ0n) is 10.8. The molecule has 3 nitrogen and oxygen atoms in total. The quantitative estimate of drug-likeness (QED) is 0.689. The van der Waals surface area contributed by atoms with E-state index in [9.17, 15) is 0 Å². The Bertz CT molecular complexity index is 676. The van der Waals surface area contributed by atoms with Gasteiger partial charge in [0.1, 0.15) is 0 Å². The molecule has 0 spiro atoms. The zero-order valence-corrected chi connectivity index (χ0v) is 10.8. The number of fused-ring (bicyclic) bond motifs is 1. The molecule has 0 atom stereocenters. The summed E-state index contributed by atoms with van der Waals surface area (Å²) in [5.74, 6) is 0. The van der Waals surface area contributed by atoms with Gasteiger partial charge >= 0.3 is 0 Å². The Morgan fingerprint density at radius 3 is 2.89 bits per heavy atom. The van der Waals surface area contributed by atoms with Gasteiger partial charge in [-0.3, -0.25) is 4.68 Å². The smallest absolute Gasteiger partial charge is 0.0522 e. The molecule has 0 fully saturated rings. The average molecular weight is 239 g/mol. The molecule has 18 heavy (non-hydrogen) atoms. The van der Waals surface area contributed by atoms with Crippen LogP contribution in [0.15, 0.2) is 42.9 Å². The van der Waals surface area contributed by atoms with Crippen molar-refractivity contribution in [1.29, 1.82) is 0 Å². The second-order valence-corrected chi connectivity index (χ2v) is 4.79. The highest BCUT2D eigenvalue weighted by Crippen LogP contribution is 2.19. The van der Waals surface area contributed by atoms with Gasteiger partial charge in [0.25, 0.3) is 0 Å². The molecule has 0 aliphatic heterocycles. The van der Waals surface area contributed by atoms with E-state index in [1.54, 1.807) is 0 Å². The van der Waals surface area contributed by atoms with Gasteiger partial charge in [-0.25, -0.2) is 0 Å². The Balaban J connectivity index is 1.85. The van der Waals surface area contributed by atoms with E-state index in [0.29, 0.717) is 0 Å². The van der Waals surface area contributed by atoms with E-state index in [-0.39, 0.29) is 0 Å². The highest BCUT2D eigenvalue weighted by Gasteiger charge is 2.03. The predicted molar refractivity (Wildman–Crippen MR) is 73.6 cm³/mol. The summed E-state index contributed by atoms with van der Waals surface area (Å²) in [5, 5.41) is 5.55. The molecule has 0 radical (unpaired) electrons. The first kappa shape index (κ1) is 11.1. The third kappa shape index (κ3) is 1.92. The van der Waals surface area contributed by atoms with E-state index in [1.165, 1.54) is 22.0 Å². The van der Waals surface area contributed by atoms with Crippen LogP contribution in [0.3, 0.4) is 0 Å². The summed E-state index contributed by atoms with van der Waals surface area (Å²) >= 11 is 0. The van der Waals surface area contributed by atoms with Crippen LogP contribution in [0.25, 0.3) is 10.9 Å². The van der Waals surface area contributed by atoms with Gasteiger partial charge in [0.05, 0.1) is 6.20 Å². The summed E-state index contributed by atoms with van der Waals surface area (Å²) in [7, 11) is 1.96. The molecule has 3 aromatic rings. The lowest BCUT2D eigenvalue weighted by molar-refractivity contribution is 0.720. The SMILES string of the molecule is Cc1cccc2c1ccn2CCc1cnn(C)c1. The Morgan fingerprint density at radius 1 is 1.22 bits per heavy atom. The van der Waals surface area contributed by atoms with E-state index in [4.69, 9.17) is 0 Å². The molecule has 0 bridgehead atoms. The van der Waals surface area contributed by atoms with Crippen molar-refractivity contribution in [2.45, 2.75) is 19.9 Å². The van der Waals surface area contributed by atoms with Gasteiger partial charge in [-0.1, -0.05) is 12.1 Å². The van der Waals surface area contributed by atoms with Crippen molar-refractivity contribution in [3.63, 3.8) is 0 Å². The molecule has 0 saturated carbocycles. The third-order valence-electron chi connectivity index (χ3n) is 3.43. The topological polar surface area (TPSA) is 22.8 Å². The van der Waals surface area contributed by atoms with Gasteiger partial charge in [0.2, 0.25) is 0 Å². The molecule has 0 saturated heterocycles. The Labute approximate surface area is 107 Å². The summed E-state index contributed by atoms with van der Waals surface area (Å²) in [4.78, 5) is 0. The number of rotatable bonds is 3. The lowest BCUT2D eigenvalue weighted by atomic mass is 10.1. The van der Waals surface area contributed by atoms with Crippen LogP contribution in [0.5, 0.6) is 0 Å². The summed E-state index contributed by atoms with van der Waals surface area (Å²) in [6, 6.07) is 8.67. The highest BCUT2D eigenvalue weighted by atomic mass is 15.2. The Morgan fingerprint density at radius 2 is 2.11 bits per heavy atom. The van der Waals surface area contributed by atoms with E-state index < -0.39 is 0 Å². The summed E-state index contributed by atoms with van der Waals surface area (Å²) in [5.41, 5.74) is 3.94. The van der Waals surface area contributed by atoms with Gasteiger partial charge in [0, 0.05) is 36.9 Å². The van der Waals surface area contributed by atoms with E-state index >= 15 is 0 Å². The molecular formula is C15H17N3. The highest BCUT2D eigenvalue weighted by molar-refractivity contribution is 5.83. The van der Waals surface area contributed by atoms with Gasteiger partial charge in [-0.05, 0) is 36.6 Å². The lowest BCUT2D eigenvalue weighted by Crippen LogP contribution is -1.99. The van der Waals surface area contributed by atoms with Crippen molar-refractivity contribution in [3.8, 4) is 0 Å². The average Bonchev–Trinajstić information content (AvgIpc) is 2.94. The molecule has 0 unspecified atom stereocenters. The minimum atomic E-state index is 0.999. The fraction of sp³-hybridized carbons (Fsp3) is 0.267. The number of benzene rings is 1. The van der Waals surface area contributed by atoms with Gasteiger partial charge < -0.3 is 4.57 Å². The fourth-order valence-corrected chi connectivity index (χ4v) is 2.42. The van der Waals surface area contributed by atoms with Gasteiger partial charge in [-0.2, -0.15) is 5.10 Å². The standard InChI is InChI=1S/C15H17N3/c1-12-4-3-5-15-14(12)7-9-18(15)8-6-13-10-16-17(2)11-13/h3-5,7,9-11H,6,8H2,1-2H3. The minimum absolute atomic E-state index is 0.999. The molecule has 0 amide bonds. The maximum Gasteiger partial charge on any atom is 0.0522 e. The molecule has 0 aliphatic carbocycles. The van der Waals surface area contributed by atoms with Crippen molar-refractivity contribution < 1.29 is 0 Å². The molecule has 92 valence electrons. The molecular weight excluding hydrogens is 222 g/mol.